The second kappa shape index (κ2) is 17.4. The fraction of sp³-hybridized carbons (Fsp3) is 0.524. The molecule has 4 amide bonds. The minimum atomic E-state index is -2.12. The molecule has 0 bridgehead atoms. The molecule has 0 radical (unpaired) electrons. The summed E-state index contributed by atoms with van der Waals surface area (Å²) in [6.07, 6.45) is -5.47. The molecule has 21 nitrogen and oxygen atoms in total. The van der Waals surface area contributed by atoms with E-state index in [0.717, 1.165) is 0 Å². The molecule has 0 saturated heterocycles. The van der Waals surface area contributed by atoms with Gasteiger partial charge in [-0.25, -0.2) is 4.79 Å². The molecule has 234 valence electrons. The van der Waals surface area contributed by atoms with Crippen LogP contribution in [0.4, 0.5) is 0 Å². The third-order valence-electron chi connectivity index (χ3n) is 5.07. The van der Waals surface area contributed by atoms with Crippen molar-refractivity contribution in [2.75, 3.05) is 7.05 Å². The quantitative estimate of drug-likeness (QED) is 0.0616. The van der Waals surface area contributed by atoms with E-state index in [9.17, 15) is 47.9 Å². The smallest absolute Gasteiger partial charge is 0.326 e. The van der Waals surface area contributed by atoms with Crippen LogP contribution in [-0.4, -0.2) is 127 Å². The number of hydrogen-bond acceptors (Lipinski definition) is 11. The molecule has 5 unspecified atom stereocenters. The van der Waals surface area contributed by atoms with Gasteiger partial charge in [0, 0.05) is 0 Å². The molecule has 42 heavy (non-hydrogen) atoms. The molecule has 0 rings (SSSR count). The van der Waals surface area contributed by atoms with Crippen LogP contribution in [0.1, 0.15) is 32.1 Å². The number of nitrogens with one attached hydrogen (secondary N) is 5. The molecule has 11 N–H and O–H groups in total. The first-order valence-electron chi connectivity index (χ1n) is 11.6. The summed E-state index contributed by atoms with van der Waals surface area (Å²) < 4.78 is 0. The number of hydrogen-bond donors (Lipinski definition) is 11. The van der Waals surface area contributed by atoms with E-state index in [1.165, 1.54) is 7.05 Å². The van der Waals surface area contributed by atoms with E-state index >= 15 is 0 Å². The van der Waals surface area contributed by atoms with Crippen LogP contribution in [0.25, 0.3) is 0 Å². The van der Waals surface area contributed by atoms with Crippen LogP contribution in [0, 0.1) is 0 Å². The third-order valence-corrected chi connectivity index (χ3v) is 5.07. The minimum Gasteiger partial charge on any atom is -0.481 e. The summed E-state index contributed by atoms with van der Waals surface area (Å²) in [5.41, 5.74) is 0. The highest BCUT2D eigenvalue weighted by Gasteiger charge is 2.35. The largest absolute Gasteiger partial charge is 0.481 e. The predicted molar refractivity (Wildman–Crippen MR) is 129 cm³/mol. The van der Waals surface area contributed by atoms with Crippen molar-refractivity contribution in [3.05, 3.63) is 0 Å². The topological polar surface area (TPSA) is 352 Å². The molecule has 0 aromatic heterocycles. The number of carboxylic acids is 6. The molecule has 0 heterocycles. The van der Waals surface area contributed by atoms with Gasteiger partial charge in [-0.05, 0) is 7.05 Å². The van der Waals surface area contributed by atoms with Gasteiger partial charge >= 0.3 is 35.8 Å². The van der Waals surface area contributed by atoms with E-state index in [4.69, 9.17) is 30.6 Å². The lowest BCUT2D eigenvalue weighted by atomic mass is 10.1. The molecule has 0 fully saturated rings. The molecule has 0 spiro atoms. The van der Waals surface area contributed by atoms with E-state index in [1.807, 2.05) is 10.6 Å². The monoisotopic (exact) mass is 607 g/mol. The van der Waals surface area contributed by atoms with Gasteiger partial charge in [-0.1, -0.05) is 0 Å². The summed E-state index contributed by atoms with van der Waals surface area (Å²) in [6.45, 7) is 0. The summed E-state index contributed by atoms with van der Waals surface area (Å²) in [7, 11) is 1.19. The fourth-order valence-electron chi connectivity index (χ4n) is 3.12. The van der Waals surface area contributed by atoms with Gasteiger partial charge in [-0.2, -0.15) is 0 Å². The Balaban J connectivity index is 5.99. The van der Waals surface area contributed by atoms with Crippen LogP contribution in [0.3, 0.4) is 0 Å². The number of aliphatic carboxylic acids is 6. The third kappa shape index (κ3) is 14.2. The van der Waals surface area contributed by atoms with Gasteiger partial charge in [-0.3, -0.25) is 43.2 Å². The molecular formula is C21H29N5O16. The Labute approximate surface area is 234 Å². The SMILES string of the molecule is CNC(CC(=O)O)C(=O)NC(CC(=O)O)C(=O)NC(CC(=O)O)C(=O)NC(CC(=O)O)C(=O)NC(CC(=O)O)C(=O)O. The van der Waals surface area contributed by atoms with Crippen molar-refractivity contribution in [2.45, 2.75) is 62.3 Å². The van der Waals surface area contributed by atoms with Crippen LogP contribution in [0.2, 0.25) is 0 Å². The normalized spacial score (nSPS) is 14.0. The zero-order valence-electron chi connectivity index (χ0n) is 21.7. The number of carboxylic acid groups (broad SMARTS) is 6. The lowest BCUT2D eigenvalue weighted by molar-refractivity contribution is -0.148. The van der Waals surface area contributed by atoms with Crippen LogP contribution in [-0.2, 0) is 47.9 Å². The van der Waals surface area contributed by atoms with Gasteiger partial charge in [0.1, 0.15) is 24.2 Å². The Morgan fingerprint density at radius 1 is 0.405 bits per heavy atom. The number of likely N-dealkylation sites (N-methyl/N-ethyl adjacent to an activating group) is 1. The Bertz CT molecular complexity index is 1110. The highest BCUT2D eigenvalue weighted by molar-refractivity contribution is 5.99. The second-order valence-electron chi connectivity index (χ2n) is 8.41. The average molecular weight is 607 g/mol. The molecule has 5 atom stereocenters. The lowest BCUT2D eigenvalue weighted by Crippen LogP contribution is -2.59. The highest BCUT2D eigenvalue weighted by Crippen LogP contribution is 2.04. The van der Waals surface area contributed by atoms with Gasteiger partial charge in [0.05, 0.1) is 38.1 Å². The van der Waals surface area contributed by atoms with Crippen molar-refractivity contribution in [3.8, 4) is 0 Å². The van der Waals surface area contributed by atoms with E-state index in [0.29, 0.717) is 0 Å². The second-order valence-corrected chi connectivity index (χ2v) is 8.41. The molecular weight excluding hydrogens is 578 g/mol. The fourth-order valence-corrected chi connectivity index (χ4v) is 3.12. The predicted octanol–water partition coefficient (Wildman–Crippen LogP) is -5.03. The van der Waals surface area contributed by atoms with Gasteiger partial charge in [-0.15, -0.1) is 0 Å². The van der Waals surface area contributed by atoms with Gasteiger partial charge in [0.2, 0.25) is 23.6 Å². The van der Waals surface area contributed by atoms with Crippen LogP contribution < -0.4 is 26.6 Å². The van der Waals surface area contributed by atoms with Crippen molar-refractivity contribution in [1.82, 2.24) is 26.6 Å². The van der Waals surface area contributed by atoms with Crippen LogP contribution in [0.5, 0.6) is 0 Å². The number of rotatable bonds is 20. The molecule has 0 aliphatic heterocycles. The maximum atomic E-state index is 12.8. The standard InChI is InChI=1S/C21H29N5O16/c1-22-7(2-12(27)28)17(37)23-8(3-13(29)30)18(38)24-9(4-14(31)32)19(39)25-10(5-15(33)34)20(40)26-11(21(41)42)6-16(35)36/h7-11,22H,2-6H2,1H3,(H,23,37)(H,24,38)(H,25,39)(H,26,40)(H,27,28)(H,29,30)(H,31,32)(H,33,34)(H,35,36)(H,41,42). The highest BCUT2D eigenvalue weighted by atomic mass is 16.4. The first-order valence-corrected chi connectivity index (χ1v) is 11.6. The van der Waals surface area contributed by atoms with E-state index < -0.39 is 122 Å². The Morgan fingerprint density at radius 3 is 0.857 bits per heavy atom. The molecule has 21 heteroatoms. The Morgan fingerprint density at radius 2 is 0.619 bits per heavy atom. The first-order chi connectivity index (χ1) is 19.4. The van der Waals surface area contributed by atoms with Gasteiger partial charge in [0.15, 0.2) is 0 Å². The van der Waals surface area contributed by atoms with Crippen molar-refractivity contribution < 1.29 is 78.6 Å². The number of carbonyl (C=O) groups is 10. The first kappa shape index (κ1) is 36.7. The molecule has 0 saturated carbocycles. The molecule has 0 aromatic rings. The molecule has 0 aromatic carbocycles. The van der Waals surface area contributed by atoms with Crippen LogP contribution >= 0.6 is 0 Å². The van der Waals surface area contributed by atoms with Crippen molar-refractivity contribution in [1.29, 1.82) is 0 Å². The van der Waals surface area contributed by atoms with E-state index in [-0.39, 0.29) is 0 Å². The Hall–Kier alpha value is -5.34. The number of carbonyl (C=O) groups excluding carboxylic acids is 4. The van der Waals surface area contributed by atoms with Crippen molar-refractivity contribution >= 4 is 59.4 Å². The average Bonchev–Trinajstić information content (AvgIpc) is 2.83. The zero-order valence-corrected chi connectivity index (χ0v) is 21.7. The summed E-state index contributed by atoms with van der Waals surface area (Å²) in [4.78, 5) is 117. The Kier molecular flexibility index (Phi) is 15.2. The maximum absolute atomic E-state index is 12.8. The lowest BCUT2D eigenvalue weighted by Gasteiger charge is -2.25. The summed E-state index contributed by atoms with van der Waals surface area (Å²) >= 11 is 0. The van der Waals surface area contributed by atoms with E-state index in [2.05, 4.69) is 5.32 Å². The van der Waals surface area contributed by atoms with Gasteiger partial charge < -0.3 is 57.2 Å². The number of amides is 4. The molecule has 0 aliphatic carbocycles. The van der Waals surface area contributed by atoms with Crippen molar-refractivity contribution in [3.63, 3.8) is 0 Å². The van der Waals surface area contributed by atoms with Crippen molar-refractivity contribution in [2.24, 2.45) is 0 Å². The minimum absolute atomic E-state index is 0.782. The summed E-state index contributed by atoms with van der Waals surface area (Å²) in [5.74, 6) is -15.6. The maximum Gasteiger partial charge on any atom is 0.326 e. The summed E-state index contributed by atoms with van der Waals surface area (Å²) in [5, 5.41) is 63.7. The zero-order chi connectivity index (χ0) is 32.7. The molecule has 0 aliphatic rings. The van der Waals surface area contributed by atoms with E-state index in [1.54, 1.807) is 10.6 Å². The summed E-state index contributed by atoms with van der Waals surface area (Å²) in [6, 6.07) is -9.70. The van der Waals surface area contributed by atoms with Gasteiger partial charge in [0.25, 0.3) is 0 Å². The van der Waals surface area contributed by atoms with Crippen LogP contribution in [0.15, 0.2) is 0 Å².